The van der Waals surface area contributed by atoms with Crippen molar-refractivity contribution in [3.8, 4) is 17.2 Å². The Kier molecular flexibility index (Phi) is 5.75. The van der Waals surface area contributed by atoms with E-state index >= 15 is 0 Å². The molecule has 7 heteroatoms. The van der Waals surface area contributed by atoms with Crippen molar-refractivity contribution in [1.82, 2.24) is 4.90 Å². The molecular weight excluding hydrogens is 382 g/mol. The molecule has 30 heavy (non-hydrogen) atoms. The second-order valence-electron chi connectivity index (χ2n) is 7.28. The number of carbonyl (C=O) groups is 2. The van der Waals surface area contributed by atoms with Crippen LogP contribution in [0, 0.1) is 11.3 Å². The Morgan fingerprint density at radius 3 is 2.20 bits per heavy atom. The highest BCUT2D eigenvalue weighted by molar-refractivity contribution is 6.44. The Morgan fingerprint density at radius 2 is 1.60 bits per heavy atom. The number of nitriles is 1. The van der Waals surface area contributed by atoms with Gasteiger partial charge in [0, 0.05) is 19.0 Å². The average Bonchev–Trinajstić information content (AvgIpc) is 3.12. The van der Waals surface area contributed by atoms with Crippen molar-refractivity contribution in [2.75, 3.05) is 19.7 Å². The number of hydrogen-bond donors (Lipinski definition) is 0. The van der Waals surface area contributed by atoms with E-state index in [1.54, 1.807) is 11.0 Å². The summed E-state index contributed by atoms with van der Waals surface area (Å²) in [5, 5.41) is 12.6. The summed E-state index contributed by atoms with van der Waals surface area (Å²) in [5.74, 6) is -0.636. The molecule has 152 valence electrons. The first-order chi connectivity index (χ1) is 14.7. The van der Waals surface area contributed by atoms with Gasteiger partial charge >= 0.3 is 6.16 Å². The van der Waals surface area contributed by atoms with Crippen molar-refractivity contribution in [3.63, 3.8) is 0 Å². The zero-order valence-corrected chi connectivity index (χ0v) is 16.4. The second kappa shape index (κ2) is 8.78. The maximum atomic E-state index is 12.3. The molecule has 4 rings (SSSR count). The number of nitrogens with zero attached hydrogens (tertiary/aromatic N) is 3. The van der Waals surface area contributed by atoms with Crippen molar-refractivity contribution in [2.45, 2.75) is 25.2 Å². The fraction of sp³-hybridized carbons (Fsp3) is 0.304. The number of rotatable bonds is 4. The summed E-state index contributed by atoms with van der Waals surface area (Å²) >= 11 is 0. The van der Waals surface area contributed by atoms with Gasteiger partial charge in [0.1, 0.15) is 12.7 Å². The van der Waals surface area contributed by atoms with Crippen molar-refractivity contribution in [3.05, 3.63) is 59.7 Å². The number of ether oxygens (including phenoxy) is 1. The van der Waals surface area contributed by atoms with Gasteiger partial charge in [0.25, 0.3) is 5.91 Å². The molecular formula is C23H21N3O4. The summed E-state index contributed by atoms with van der Waals surface area (Å²) in [7, 11) is 0. The number of carbonyl (C=O) groups excluding carboxylic acids is 2. The van der Waals surface area contributed by atoms with Crippen molar-refractivity contribution in [2.24, 2.45) is 5.16 Å². The lowest BCUT2D eigenvalue weighted by molar-refractivity contribution is -0.124. The van der Waals surface area contributed by atoms with E-state index in [1.807, 2.05) is 48.5 Å². The molecule has 0 N–H and O–H groups in total. The van der Waals surface area contributed by atoms with E-state index < -0.39 is 17.8 Å². The molecule has 1 aliphatic heterocycles. The molecule has 1 heterocycles. The topological polar surface area (TPSA) is 92.0 Å². The van der Waals surface area contributed by atoms with E-state index in [0.29, 0.717) is 13.1 Å². The number of amides is 1. The summed E-state index contributed by atoms with van der Waals surface area (Å²) in [6.07, 6.45) is 1.78. The molecule has 0 aromatic heterocycles. The van der Waals surface area contributed by atoms with Gasteiger partial charge in [-0.3, -0.25) is 9.63 Å². The monoisotopic (exact) mass is 403 g/mol. The largest absolute Gasteiger partial charge is 0.535 e. The lowest BCUT2D eigenvalue weighted by atomic mass is 9.98. The highest BCUT2D eigenvalue weighted by Crippen LogP contribution is 2.44. The second-order valence-corrected chi connectivity index (χ2v) is 7.28. The first kappa shape index (κ1) is 19.6. The lowest BCUT2D eigenvalue weighted by Gasteiger charge is -2.25. The van der Waals surface area contributed by atoms with Crippen LogP contribution >= 0.6 is 0 Å². The Hall–Kier alpha value is -3.66. The summed E-state index contributed by atoms with van der Waals surface area (Å²) in [5.41, 5.74) is 3.94. The van der Waals surface area contributed by atoms with Gasteiger partial charge in [0.15, 0.2) is 0 Å². The van der Waals surface area contributed by atoms with Crippen LogP contribution in [0.3, 0.4) is 0 Å². The molecule has 2 aromatic rings. The number of benzene rings is 2. The molecule has 0 spiro atoms. The van der Waals surface area contributed by atoms with Crippen LogP contribution < -0.4 is 0 Å². The number of fused-ring (bicyclic) bond motifs is 3. The quantitative estimate of drug-likeness (QED) is 0.335. The van der Waals surface area contributed by atoms with E-state index in [4.69, 9.17) is 9.57 Å². The van der Waals surface area contributed by atoms with Crippen LogP contribution in [0.5, 0.6) is 0 Å². The van der Waals surface area contributed by atoms with E-state index in [0.717, 1.165) is 41.5 Å². The summed E-state index contributed by atoms with van der Waals surface area (Å²) in [4.78, 5) is 30.6. The molecule has 2 aromatic carbocycles. The summed E-state index contributed by atoms with van der Waals surface area (Å²) < 4.78 is 5.26. The molecule has 1 aliphatic carbocycles. The van der Waals surface area contributed by atoms with E-state index in [9.17, 15) is 14.9 Å². The van der Waals surface area contributed by atoms with Gasteiger partial charge in [0.2, 0.25) is 5.71 Å². The highest BCUT2D eigenvalue weighted by Gasteiger charge is 2.29. The van der Waals surface area contributed by atoms with Gasteiger partial charge in [-0.15, -0.1) is 0 Å². The molecule has 0 saturated carbocycles. The van der Waals surface area contributed by atoms with Gasteiger partial charge in [-0.1, -0.05) is 53.7 Å². The molecule has 1 saturated heterocycles. The van der Waals surface area contributed by atoms with E-state index in [1.165, 1.54) is 0 Å². The first-order valence-electron chi connectivity index (χ1n) is 9.98. The van der Waals surface area contributed by atoms with Gasteiger partial charge < -0.3 is 9.64 Å². The van der Waals surface area contributed by atoms with E-state index in [-0.39, 0.29) is 12.5 Å². The molecule has 0 bridgehead atoms. The zero-order chi connectivity index (χ0) is 20.9. The SMILES string of the molecule is N#C/C(=N\OC(=O)OCC1c2ccccc2-c2ccccc21)C(=O)N1CCCCC1. The van der Waals surface area contributed by atoms with Crippen LogP contribution in [-0.2, 0) is 14.4 Å². The Bertz CT molecular complexity index is 989. The van der Waals surface area contributed by atoms with Gasteiger partial charge in [-0.05, 0) is 41.5 Å². The standard InChI is InChI=1S/C23H21N3O4/c24-14-21(22(27)26-12-6-1-7-13-26)25-30-23(28)29-15-20-18-10-4-2-8-16(18)17-9-3-5-11-19(17)20/h2-5,8-11,20H,1,6-7,12-13,15H2/b25-21+. The van der Waals surface area contributed by atoms with Crippen LogP contribution in [0.15, 0.2) is 53.7 Å². The van der Waals surface area contributed by atoms with Crippen molar-refractivity contribution >= 4 is 17.8 Å². The van der Waals surface area contributed by atoms with Gasteiger partial charge in [-0.2, -0.15) is 5.26 Å². The molecule has 1 amide bonds. The maximum absolute atomic E-state index is 12.3. The predicted octanol–water partition coefficient (Wildman–Crippen LogP) is 3.84. The number of oxime groups is 1. The molecule has 1 fully saturated rings. The number of piperidine rings is 1. The fourth-order valence-electron chi connectivity index (χ4n) is 4.05. The normalized spacial score (nSPS) is 15.7. The van der Waals surface area contributed by atoms with Crippen LogP contribution in [0.25, 0.3) is 11.1 Å². The van der Waals surface area contributed by atoms with Crippen LogP contribution in [0.4, 0.5) is 4.79 Å². The minimum Gasteiger partial charge on any atom is -0.432 e. The van der Waals surface area contributed by atoms with Crippen LogP contribution in [0.2, 0.25) is 0 Å². The molecule has 0 atom stereocenters. The fourth-order valence-corrected chi connectivity index (χ4v) is 4.05. The third kappa shape index (κ3) is 3.90. The van der Waals surface area contributed by atoms with Gasteiger partial charge in [0.05, 0.1) is 0 Å². The Morgan fingerprint density at radius 1 is 1.00 bits per heavy atom. The van der Waals surface area contributed by atoms with Crippen LogP contribution in [-0.4, -0.2) is 42.4 Å². The molecule has 0 radical (unpaired) electrons. The first-order valence-corrected chi connectivity index (χ1v) is 9.98. The predicted molar refractivity (Wildman–Crippen MR) is 110 cm³/mol. The van der Waals surface area contributed by atoms with Gasteiger partial charge in [-0.25, -0.2) is 4.79 Å². The third-order valence-electron chi connectivity index (χ3n) is 5.49. The van der Waals surface area contributed by atoms with Crippen molar-refractivity contribution in [1.29, 1.82) is 5.26 Å². The smallest absolute Gasteiger partial charge is 0.432 e. The maximum Gasteiger partial charge on any atom is 0.535 e. The lowest BCUT2D eigenvalue weighted by Crippen LogP contribution is -2.39. The number of likely N-dealkylation sites (tertiary alicyclic amines) is 1. The zero-order valence-electron chi connectivity index (χ0n) is 16.4. The molecule has 2 aliphatic rings. The molecule has 7 nitrogen and oxygen atoms in total. The Balaban J connectivity index is 1.40. The third-order valence-corrected chi connectivity index (χ3v) is 5.49. The van der Waals surface area contributed by atoms with Crippen molar-refractivity contribution < 1.29 is 19.2 Å². The Labute approximate surface area is 174 Å². The van der Waals surface area contributed by atoms with E-state index in [2.05, 4.69) is 5.16 Å². The summed E-state index contributed by atoms with van der Waals surface area (Å²) in [6, 6.07) is 17.7. The molecule has 0 unspecified atom stereocenters. The minimum atomic E-state index is -1.05. The average molecular weight is 403 g/mol. The number of hydrogen-bond acceptors (Lipinski definition) is 6. The summed E-state index contributed by atoms with van der Waals surface area (Å²) in [6.45, 7) is 1.22. The van der Waals surface area contributed by atoms with Crippen LogP contribution in [0.1, 0.15) is 36.3 Å². The minimum absolute atomic E-state index is 0.0737. The highest BCUT2D eigenvalue weighted by atomic mass is 16.8.